The minimum Gasteiger partial charge on any atom is -0.381 e. The Morgan fingerprint density at radius 1 is 0.920 bits per heavy atom. The predicted octanol–water partition coefficient (Wildman–Crippen LogP) is 1.06. The smallest absolute Gasteiger partial charge is 0.236 e. The fourth-order valence-corrected chi connectivity index (χ4v) is 4.49. The van der Waals surface area contributed by atoms with Crippen LogP contribution < -0.4 is 0 Å². The molecule has 25 heavy (non-hydrogen) atoms. The molecule has 0 aromatic carbocycles. The minimum absolute atomic E-state index is 0.137. The average Bonchev–Trinajstić information content (AvgIpc) is 2.61. The van der Waals surface area contributed by atoms with Crippen LogP contribution in [0, 0.1) is 17.8 Å². The third-order valence-corrected chi connectivity index (χ3v) is 5.83. The second-order valence-electron chi connectivity index (χ2n) is 8.23. The van der Waals surface area contributed by atoms with Gasteiger partial charge in [-0.2, -0.15) is 0 Å². The molecular formula is C19H33N3O3. The molecule has 3 rings (SSSR count). The first-order valence-electron chi connectivity index (χ1n) is 9.89. The molecule has 2 amide bonds. The van der Waals surface area contributed by atoms with Gasteiger partial charge in [0.05, 0.1) is 6.54 Å². The molecule has 0 bridgehead atoms. The zero-order valence-electron chi connectivity index (χ0n) is 15.8. The van der Waals surface area contributed by atoms with Gasteiger partial charge in [0.2, 0.25) is 11.8 Å². The summed E-state index contributed by atoms with van der Waals surface area (Å²) in [4.78, 5) is 31.4. The summed E-state index contributed by atoms with van der Waals surface area (Å²) in [5, 5.41) is 0. The highest BCUT2D eigenvalue weighted by molar-refractivity contribution is 5.79. The van der Waals surface area contributed by atoms with Gasteiger partial charge in [0.15, 0.2) is 0 Å². The lowest BCUT2D eigenvalue weighted by Gasteiger charge is -2.39. The number of hydrogen-bond acceptors (Lipinski definition) is 4. The Hall–Kier alpha value is -1.14. The summed E-state index contributed by atoms with van der Waals surface area (Å²) < 4.78 is 5.35. The number of carbonyl (C=O) groups is 2. The summed E-state index contributed by atoms with van der Waals surface area (Å²) >= 11 is 0. The highest BCUT2D eigenvalue weighted by Gasteiger charge is 2.31. The Morgan fingerprint density at radius 3 is 2.12 bits per heavy atom. The van der Waals surface area contributed by atoms with Crippen molar-refractivity contribution in [2.24, 2.45) is 17.8 Å². The first-order valence-corrected chi connectivity index (χ1v) is 9.89. The van der Waals surface area contributed by atoms with Gasteiger partial charge in [-0.15, -0.1) is 0 Å². The molecule has 0 N–H and O–H groups in total. The number of hydrogen-bond donors (Lipinski definition) is 0. The second kappa shape index (κ2) is 8.49. The van der Waals surface area contributed by atoms with E-state index < -0.39 is 0 Å². The Bertz CT molecular complexity index is 461. The van der Waals surface area contributed by atoms with Crippen LogP contribution in [0.1, 0.15) is 33.1 Å². The monoisotopic (exact) mass is 351 g/mol. The van der Waals surface area contributed by atoms with Crippen LogP contribution in [0.4, 0.5) is 0 Å². The zero-order valence-corrected chi connectivity index (χ0v) is 15.8. The molecule has 0 aromatic rings. The van der Waals surface area contributed by atoms with E-state index in [1.165, 1.54) is 6.42 Å². The summed E-state index contributed by atoms with van der Waals surface area (Å²) in [5.74, 6) is 1.87. The Balaban J connectivity index is 1.42. The van der Waals surface area contributed by atoms with Crippen molar-refractivity contribution in [3.63, 3.8) is 0 Å². The van der Waals surface area contributed by atoms with Crippen LogP contribution in [0.5, 0.6) is 0 Å². The summed E-state index contributed by atoms with van der Waals surface area (Å²) in [6.07, 6.45) is 2.92. The number of carbonyl (C=O) groups excluding carboxylic acids is 2. The van der Waals surface area contributed by atoms with Crippen LogP contribution in [0.3, 0.4) is 0 Å². The molecule has 0 spiro atoms. The van der Waals surface area contributed by atoms with E-state index in [0.29, 0.717) is 31.6 Å². The predicted molar refractivity (Wildman–Crippen MR) is 96.1 cm³/mol. The van der Waals surface area contributed by atoms with E-state index in [4.69, 9.17) is 4.74 Å². The third kappa shape index (κ3) is 4.94. The fourth-order valence-electron chi connectivity index (χ4n) is 4.49. The molecule has 6 heteroatoms. The highest BCUT2D eigenvalue weighted by atomic mass is 16.5. The molecule has 0 saturated carbocycles. The van der Waals surface area contributed by atoms with E-state index in [1.807, 2.05) is 9.80 Å². The maximum Gasteiger partial charge on any atom is 0.236 e. The Morgan fingerprint density at radius 2 is 1.52 bits per heavy atom. The third-order valence-electron chi connectivity index (χ3n) is 5.83. The van der Waals surface area contributed by atoms with Crippen molar-refractivity contribution >= 4 is 11.8 Å². The number of likely N-dealkylation sites (tertiary alicyclic amines) is 1. The molecule has 2 atom stereocenters. The van der Waals surface area contributed by atoms with Gasteiger partial charge < -0.3 is 14.5 Å². The maximum atomic E-state index is 12.6. The number of ether oxygens (including phenoxy) is 1. The molecule has 0 aromatic heterocycles. The number of rotatable bonds is 3. The molecule has 6 nitrogen and oxygen atoms in total. The minimum atomic E-state index is 0.137. The quantitative estimate of drug-likeness (QED) is 0.763. The fraction of sp³-hybridized carbons (Fsp3) is 0.895. The second-order valence-corrected chi connectivity index (χ2v) is 8.23. The van der Waals surface area contributed by atoms with Crippen molar-refractivity contribution in [3.05, 3.63) is 0 Å². The van der Waals surface area contributed by atoms with Crippen molar-refractivity contribution in [1.82, 2.24) is 14.7 Å². The van der Waals surface area contributed by atoms with Crippen LogP contribution in [0.25, 0.3) is 0 Å². The summed E-state index contributed by atoms with van der Waals surface area (Å²) in [7, 11) is 0. The molecule has 2 unspecified atom stereocenters. The largest absolute Gasteiger partial charge is 0.381 e. The highest BCUT2D eigenvalue weighted by Crippen LogP contribution is 2.22. The van der Waals surface area contributed by atoms with Crippen molar-refractivity contribution in [3.8, 4) is 0 Å². The molecule has 3 fully saturated rings. The molecule has 3 heterocycles. The molecule has 142 valence electrons. The van der Waals surface area contributed by atoms with Gasteiger partial charge >= 0.3 is 0 Å². The summed E-state index contributed by atoms with van der Waals surface area (Å²) in [6.45, 7) is 11.3. The van der Waals surface area contributed by atoms with E-state index >= 15 is 0 Å². The molecule has 3 saturated heterocycles. The zero-order chi connectivity index (χ0) is 17.8. The molecule has 3 aliphatic heterocycles. The normalized spacial score (nSPS) is 29.7. The Kier molecular flexibility index (Phi) is 6.34. The first-order chi connectivity index (χ1) is 12.0. The standard InChI is InChI=1S/C19H33N3O3/c1-15-11-16(2)13-22(12-15)18(23)14-20-5-7-21(8-6-20)19(24)17-3-9-25-10-4-17/h15-17H,3-14H2,1-2H3. The molecule has 3 aliphatic rings. The lowest BCUT2D eigenvalue weighted by Crippen LogP contribution is -2.54. The van der Waals surface area contributed by atoms with Crippen LogP contribution in [-0.4, -0.2) is 85.5 Å². The average molecular weight is 351 g/mol. The topological polar surface area (TPSA) is 53.1 Å². The number of piperazine rings is 1. The van der Waals surface area contributed by atoms with Crippen LogP contribution in [0.15, 0.2) is 0 Å². The van der Waals surface area contributed by atoms with Crippen molar-refractivity contribution in [1.29, 1.82) is 0 Å². The lowest BCUT2D eigenvalue weighted by atomic mass is 9.92. The van der Waals surface area contributed by atoms with Crippen molar-refractivity contribution < 1.29 is 14.3 Å². The van der Waals surface area contributed by atoms with Crippen LogP contribution in [-0.2, 0) is 14.3 Å². The van der Waals surface area contributed by atoms with Gasteiger partial charge in [-0.25, -0.2) is 0 Å². The SMILES string of the molecule is CC1CC(C)CN(C(=O)CN2CCN(C(=O)C3CCOCC3)CC2)C1. The molecule has 0 aliphatic carbocycles. The first kappa shape index (κ1) is 18.6. The summed E-state index contributed by atoms with van der Waals surface area (Å²) in [5.41, 5.74) is 0. The Labute approximate surface area is 151 Å². The van der Waals surface area contributed by atoms with E-state index in [9.17, 15) is 9.59 Å². The van der Waals surface area contributed by atoms with Crippen LogP contribution >= 0.6 is 0 Å². The van der Waals surface area contributed by atoms with E-state index in [1.54, 1.807) is 0 Å². The van der Waals surface area contributed by atoms with Gasteiger partial charge in [0.1, 0.15) is 0 Å². The molecular weight excluding hydrogens is 318 g/mol. The van der Waals surface area contributed by atoms with Crippen molar-refractivity contribution in [2.45, 2.75) is 33.1 Å². The lowest BCUT2D eigenvalue weighted by molar-refractivity contribution is -0.141. The van der Waals surface area contributed by atoms with Gasteiger partial charge in [-0.1, -0.05) is 13.8 Å². The van der Waals surface area contributed by atoms with Crippen LogP contribution in [0.2, 0.25) is 0 Å². The van der Waals surface area contributed by atoms with E-state index in [-0.39, 0.29) is 17.7 Å². The number of amides is 2. The maximum absolute atomic E-state index is 12.6. The van der Waals surface area contributed by atoms with E-state index in [0.717, 1.165) is 52.1 Å². The van der Waals surface area contributed by atoms with Gasteiger partial charge in [-0.05, 0) is 31.1 Å². The number of nitrogens with zero attached hydrogens (tertiary/aromatic N) is 3. The summed E-state index contributed by atoms with van der Waals surface area (Å²) in [6, 6.07) is 0. The molecule has 0 radical (unpaired) electrons. The van der Waals surface area contributed by atoms with Gasteiger partial charge in [0, 0.05) is 58.4 Å². The number of piperidine rings is 1. The van der Waals surface area contributed by atoms with E-state index in [2.05, 4.69) is 18.7 Å². The van der Waals surface area contributed by atoms with Gasteiger partial charge in [0.25, 0.3) is 0 Å². The van der Waals surface area contributed by atoms with Crippen molar-refractivity contribution in [2.75, 3.05) is 59.0 Å². The van der Waals surface area contributed by atoms with Gasteiger partial charge in [-0.3, -0.25) is 14.5 Å².